The van der Waals surface area contributed by atoms with Gasteiger partial charge in [0.25, 0.3) is 0 Å². The summed E-state index contributed by atoms with van der Waals surface area (Å²) in [5.74, 6) is 1.66. The molecule has 0 atom stereocenters. The van der Waals surface area contributed by atoms with Gasteiger partial charge in [0.1, 0.15) is 18.7 Å². The van der Waals surface area contributed by atoms with E-state index in [-0.39, 0.29) is 0 Å². The van der Waals surface area contributed by atoms with Crippen molar-refractivity contribution in [3.05, 3.63) is 12.2 Å². The lowest BCUT2D eigenvalue weighted by Gasteiger charge is -2.22. The minimum Gasteiger partial charge on any atom is -0.378 e. The fourth-order valence-corrected chi connectivity index (χ4v) is 2.72. The second-order valence-electron chi connectivity index (χ2n) is 5.91. The van der Waals surface area contributed by atoms with Crippen LogP contribution in [-0.2, 0) is 18.3 Å². The lowest BCUT2D eigenvalue weighted by molar-refractivity contribution is 0.0277. The van der Waals surface area contributed by atoms with Crippen molar-refractivity contribution in [1.29, 1.82) is 0 Å². The number of aromatic nitrogens is 3. The van der Waals surface area contributed by atoms with Crippen molar-refractivity contribution >= 4 is 5.96 Å². The second kappa shape index (κ2) is 10.2. The van der Waals surface area contributed by atoms with Gasteiger partial charge in [-0.25, -0.2) is 9.98 Å². The lowest BCUT2D eigenvalue weighted by atomic mass is 9.98. The van der Waals surface area contributed by atoms with Crippen molar-refractivity contribution in [2.45, 2.75) is 58.1 Å². The Morgan fingerprint density at radius 3 is 2.87 bits per heavy atom. The largest absolute Gasteiger partial charge is 0.378 e. The van der Waals surface area contributed by atoms with Gasteiger partial charge in [-0.1, -0.05) is 19.3 Å². The summed E-state index contributed by atoms with van der Waals surface area (Å²) in [6, 6.07) is 0. The summed E-state index contributed by atoms with van der Waals surface area (Å²) in [4.78, 5) is 8.71. The zero-order valence-corrected chi connectivity index (χ0v) is 14.4. The molecule has 130 valence electrons. The molecule has 1 aromatic heterocycles. The normalized spacial score (nSPS) is 16.5. The number of nitrogens with zero attached hydrogens (tertiary/aromatic N) is 4. The Hall–Kier alpha value is -1.63. The Bertz CT molecular complexity index is 467. The zero-order valence-electron chi connectivity index (χ0n) is 14.4. The first-order valence-electron chi connectivity index (χ1n) is 8.76. The molecule has 0 amide bonds. The van der Waals surface area contributed by atoms with E-state index in [1.54, 1.807) is 11.0 Å². The van der Waals surface area contributed by atoms with Gasteiger partial charge < -0.3 is 15.4 Å². The first-order chi connectivity index (χ1) is 11.3. The van der Waals surface area contributed by atoms with Crippen molar-refractivity contribution in [3.63, 3.8) is 0 Å². The summed E-state index contributed by atoms with van der Waals surface area (Å²) in [5, 5.41) is 10.6. The lowest BCUT2D eigenvalue weighted by Crippen LogP contribution is -2.38. The first-order valence-corrected chi connectivity index (χ1v) is 8.76. The Labute approximate surface area is 138 Å². The number of nitrogens with one attached hydrogen (secondary N) is 2. The van der Waals surface area contributed by atoms with Gasteiger partial charge in [-0.2, -0.15) is 5.10 Å². The first kappa shape index (κ1) is 17.7. The molecule has 7 nitrogen and oxygen atoms in total. The third-order valence-electron chi connectivity index (χ3n) is 4.05. The average molecular weight is 322 g/mol. The number of aliphatic imine (C=N–C) groups is 1. The fourth-order valence-electron chi connectivity index (χ4n) is 2.72. The molecule has 1 aromatic rings. The summed E-state index contributed by atoms with van der Waals surface area (Å²) in [6.45, 7) is 5.09. The Balaban J connectivity index is 1.64. The molecule has 0 aliphatic heterocycles. The molecule has 1 fully saturated rings. The summed E-state index contributed by atoms with van der Waals surface area (Å²) in [5.41, 5.74) is 0. The molecule has 1 aliphatic carbocycles. The highest BCUT2D eigenvalue weighted by atomic mass is 16.5. The minimum atomic E-state index is 0.488. The highest BCUT2D eigenvalue weighted by Gasteiger charge is 2.12. The maximum absolute atomic E-state index is 5.94. The Morgan fingerprint density at radius 2 is 2.17 bits per heavy atom. The van der Waals surface area contributed by atoms with Gasteiger partial charge in [-0.3, -0.25) is 4.68 Å². The standard InChI is InChI=1S/C16H30N6O/c1-3-17-16(19-12-15-20-13-21-22(15)2)18-10-7-11-23-14-8-5-4-6-9-14/h13-14H,3-12H2,1-2H3,(H2,17,18,19). The third-order valence-corrected chi connectivity index (χ3v) is 4.05. The summed E-state index contributed by atoms with van der Waals surface area (Å²) < 4.78 is 7.68. The fraction of sp³-hybridized carbons (Fsp3) is 0.812. The quantitative estimate of drug-likeness (QED) is 0.432. The van der Waals surface area contributed by atoms with E-state index in [0.29, 0.717) is 12.6 Å². The molecule has 0 saturated heterocycles. The van der Waals surface area contributed by atoms with E-state index in [1.807, 2.05) is 7.05 Å². The van der Waals surface area contributed by atoms with Crippen molar-refractivity contribution in [2.24, 2.45) is 12.0 Å². The van der Waals surface area contributed by atoms with Crippen molar-refractivity contribution in [1.82, 2.24) is 25.4 Å². The van der Waals surface area contributed by atoms with Crippen LogP contribution in [0, 0.1) is 0 Å². The molecule has 2 N–H and O–H groups in total. The molecular weight excluding hydrogens is 292 g/mol. The Kier molecular flexibility index (Phi) is 7.86. The van der Waals surface area contributed by atoms with E-state index in [0.717, 1.165) is 37.9 Å². The molecule has 0 bridgehead atoms. The van der Waals surface area contributed by atoms with Gasteiger partial charge in [-0.05, 0) is 26.2 Å². The van der Waals surface area contributed by atoms with Crippen LogP contribution < -0.4 is 10.6 Å². The van der Waals surface area contributed by atoms with E-state index in [2.05, 4.69) is 32.6 Å². The van der Waals surface area contributed by atoms with Crippen LogP contribution >= 0.6 is 0 Å². The monoisotopic (exact) mass is 322 g/mol. The van der Waals surface area contributed by atoms with Gasteiger partial charge in [0.05, 0.1) is 6.10 Å². The van der Waals surface area contributed by atoms with Gasteiger partial charge >= 0.3 is 0 Å². The van der Waals surface area contributed by atoms with E-state index in [1.165, 1.54) is 32.1 Å². The molecular formula is C16H30N6O. The van der Waals surface area contributed by atoms with Crippen LogP contribution in [0.5, 0.6) is 0 Å². The summed E-state index contributed by atoms with van der Waals surface area (Å²) >= 11 is 0. The third kappa shape index (κ3) is 6.56. The van der Waals surface area contributed by atoms with Crippen LogP contribution in [0.25, 0.3) is 0 Å². The van der Waals surface area contributed by atoms with E-state index in [9.17, 15) is 0 Å². The van der Waals surface area contributed by atoms with Crippen LogP contribution in [-0.4, -0.2) is 46.5 Å². The van der Waals surface area contributed by atoms with Crippen LogP contribution in [0.15, 0.2) is 11.3 Å². The summed E-state index contributed by atoms with van der Waals surface area (Å²) in [7, 11) is 1.88. The number of aryl methyl sites for hydroxylation is 1. The number of hydrogen-bond acceptors (Lipinski definition) is 4. The molecule has 1 saturated carbocycles. The number of rotatable bonds is 8. The molecule has 0 radical (unpaired) electrons. The number of hydrogen-bond donors (Lipinski definition) is 2. The number of ether oxygens (including phenoxy) is 1. The van der Waals surface area contributed by atoms with Crippen molar-refractivity contribution < 1.29 is 4.74 Å². The van der Waals surface area contributed by atoms with E-state index >= 15 is 0 Å². The highest BCUT2D eigenvalue weighted by molar-refractivity contribution is 5.79. The van der Waals surface area contributed by atoms with Crippen molar-refractivity contribution in [3.8, 4) is 0 Å². The molecule has 2 rings (SSSR count). The molecule has 7 heteroatoms. The maximum Gasteiger partial charge on any atom is 0.191 e. The Morgan fingerprint density at radius 1 is 1.35 bits per heavy atom. The molecule has 1 heterocycles. The zero-order chi connectivity index (χ0) is 16.3. The average Bonchev–Trinajstić information content (AvgIpc) is 2.98. The summed E-state index contributed by atoms with van der Waals surface area (Å²) in [6.07, 6.45) is 9.50. The van der Waals surface area contributed by atoms with Crippen LogP contribution in [0.2, 0.25) is 0 Å². The molecule has 23 heavy (non-hydrogen) atoms. The number of guanidine groups is 1. The van der Waals surface area contributed by atoms with Gasteiger partial charge in [0.15, 0.2) is 5.96 Å². The smallest absolute Gasteiger partial charge is 0.191 e. The minimum absolute atomic E-state index is 0.488. The van der Waals surface area contributed by atoms with Gasteiger partial charge in [0, 0.05) is 26.7 Å². The van der Waals surface area contributed by atoms with Crippen LogP contribution in [0.3, 0.4) is 0 Å². The maximum atomic E-state index is 5.94. The van der Waals surface area contributed by atoms with Gasteiger partial charge in [-0.15, -0.1) is 0 Å². The van der Waals surface area contributed by atoms with Gasteiger partial charge in [0.2, 0.25) is 0 Å². The molecule has 0 aromatic carbocycles. The van der Waals surface area contributed by atoms with E-state index < -0.39 is 0 Å². The molecule has 1 aliphatic rings. The topological polar surface area (TPSA) is 76.4 Å². The van der Waals surface area contributed by atoms with Crippen LogP contribution in [0.4, 0.5) is 0 Å². The van der Waals surface area contributed by atoms with E-state index in [4.69, 9.17) is 4.74 Å². The van der Waals surface area contributed by atoms with Crippen molar-refractivity contribution in [2.75, 3.05) is 19.7 Å². The second-order valence-corrected chi connectivity index (χ2v) is 5.91. The highest BCUT2D eigenvalue weighted by Crippen LogP contribution is 2.20. The predicted octanol–water partition coefficient (Wildman–Crippen LogP) is 1.61. The SMILES string of the molecule is CCNC(=NCc1ncnn1C)NCCCOC1CCCCC1. The molecule has 0 unspecified atom stereocenters. The van der Waals surface area contributed by atoms with Crippen LogP contribution in [0.1, 0.15) is 51.3 Å². The molecule has 0 spiro atoms. The predicted molar refractivity (Wildman–Crippen MR) is 91.3 cm³/mol.